The fraction of sp³-hybridized carbons (Fsp3) is 0.261. The van der Waals surface area contributed by atoms with Crippen LogP contribution in [0.1, 0.15) is 46.8 Å². The second-order valence-electron chi connectivity index (χ2n) is 7.79. The van der Waals surface area contributed by atoms with Gasteiger partial charge >= 0.3 is 5.97 Å². The Labute approximate surface area is 196 Å². The highest BCUT2D eigenvalue weighted by atomic mass is 35.5. The smallest absolute Gasteiger partial charge is 0.305 e. The second kappa shape index (κ2) is 10.3. The molecule has 1 unspecified atom stereocenters. The number of halogens is 1. The Morgan fingerprint density at radius 3 is 2.58 bits per heavy atom. The van der Waals surface area contributed by atoms with Gasteiger partial charge in [0.05, 0.1) is 18.0 Å². The molecule has 10 heteroatoms. The highest BCUT2D eigenvalue weighted by Gasteiger charge is 2.21. The lowest BCUT2D eigenvalue weighted by Crippen LogP contribution is -2.27. The number of benzene rings is 2. The van der Waals surface area contributed by atoms with E-state index >= 15 is 0 Å². The summed E-state index contributed by atoms with van der Waals surface area (Å²) in [4.78, 5) is 34.7. The molecule has 0 bridgehead atoms. The number of amidine groups is 1. The second-order valence-corrected chi connectivity index (χ2v) is 7.79. The van der Waals surface area contributed by atoms with Gasteiger partial charge in [-0.2, -0.15) is 0 Å². The first-order valence-electron chi connectivity index (χ1n) is 10.4. The zero-order chi connectivity index (χ0) is 22.7. The third-order valence-corrected chi connectivity index (χ3v) is 5.57. The lowest BCUT2D eigenvalue weighted by Gasteiger charge is -2.20. The molecule has 5 N–H and O–H groups in total. The Bertz CT molecular complexity index is 1200. The molecular weight excluding hydrogens is 444 g/mol. The number of amides is 1. The number of nitrogens with two attached hydrogens (primary N) is 1. The van der Waals surface area contributed by atoms with Crippen molar-refractivity contribution in [2.75, 3.05) is 18.4 Å². The number of aliphatic carboxylic acids is 1. The molecule has 172 valence electrons. The van der Waals surface area contributed by atoms with Crippen molar-refractivity contribution >= 4 is 46.8 Å². The summed E-state index contributed by atoms with van der Waals surface area (Å²) >= 11 is 0. The van der Waals surface area contributed by atoms with Gasteiger partial charge in [-0.15, -0.1) is 12.4 Å². The van der Waals surface area contributed by atoms with Crippen molar-refractivity contribution in [2.24, 2.45) is 5.73 Å². The van der Waals surface area contributed by atoms with E-state index in [-0.39, 0.29) is 30.6 Å². The van der Waals surface area contributed by atoms with E-state index in [4.69, 9.17) is 11.1 Å². The minimum absolute atomic E-state index is 0. The number of aromatic nitrogens is 2. The van der Waals surface area contributed by atoms with E-state index in [0.717, 1.165) is 25.9 Å². The van der Waals surface area contributed by atoms with E-state index < -0.39 is 12.0 Å². The molecule has 1 atom stereocenters. The largest absolute Gasteiger partial charge is 0.481 e. The molecule has 4 rings (SSSR count). The number of likely N-dealkylation sites (tertiary alicyclic amines) is 1. The van der Waals surface area contributed by atoms with Crippen LogP contribution in [0.3, 0.4) is 0 Å². The molecule has 2 aromatic carbocycles. The van der Waals surface area contributed by atoms with Crippen molar-refractivity contribution in [3.05, 3.63) is 65.5 Å². The van der Waals surface area contributed by atoms with Crippen LogP contribution in [-0.4, -0.2) is 50.8 Å². The van der Waals surface area contributed by atoms with Crippen molar-refractivity contribution in [2.45, 2.75) is 25.3 Å². The molecule has 1 aliphatic rings. The number of carboxylic acid groups (broad SMARTS) is 1. The first-order valence-corrected chi connectivity index (χ1v) is 10.4. The number of carboxylic acids is 1. The maximum atomic E-state index is 12.7. The first kappa shape index (κ1) is 23.9. The summed E-state index contributed by atoms with van der Waals surface area (Å²) in [6.45, 7) is 1.54. The lowest BCUT2D eigenvalue weighted by molar-refractivity contribution is -0.137. The van der Waals surface area contributed by atoms with Gasteiger partial charge in [0, 0.05) is 29.6 Å². The predicted molar refractivity (Wildman–Crippen MR) is 128 cm³/mol. The average Bonchev–Trinajstić information content (AvgIpc) is 3.32. The van der Waals surface area contributed by atoms with Crippen LogP contribution in [0.4, 0.5) is 5.82 Å². The Morgan fingerprint density at radius 2 is 1.88 bits per heavy atom. The molecule has 0 radical (unpaired) electrons. The summed E-state index contributed by atoms with van der Waals surface area (Å²) in [5, 5.41) is 21.0. The van der Waals surface area contributed by atoms with E-state index in [1.807, 2.05) is 4.90 Å². The van der Waals surface area contributed by atoms with Gasteiger partial charge in [-0.05, 0) is 42.7 Å². The Hall–Kier alpha value is -3.72. The van der Waals surface area contributed by atoms with Gasteiger partial charge in [0.2, 0.25) is 0 Å². The monoisotopic (exact) mass is 468 g/mol. The number of nitrogens with zero attached hydrogens (tertiary/aromatic N) is 3. The molecule has 2 heterocycles. The summed E-state index contributed by atoms with van der Waals surface area (Å²) < 4.78 is 0. The summed E-state index contributed by atoms with van der Waals surface area (Å²) in [5.41, 5.74) is 7.94. The molecule has 33 heavy (non-hydrogen) atoms. The fourth-order valence-electron chi connectivity index (χ4n) is 3.92. The zero-order valence-electron chi connectivity index (χ0n) is 17.8. The molecule has 0 aliphatic carbocycles. The fourth-order valence-corrected chi connectivity index (χ4v) is 3.92. The third-order valence-electron chi connectivity index (χ3n) is 5.57. The van der Waals surface area contributed by atoms with Crippen molar-refractivity contribution in [3.8, 4) is 0 Å². The van der Waals surface area contributed by atoms with Crippen LogP contribution in [0.2, 0.25) is 0 Å². The first-order chi connectivity index (χ1) is 15.4. The number of hydrogen-bond acceptors (Lipinski definition) is 6. The number of hydrogen-bond donors (Lipinski definition) is 4. The predicted octanol–water partition coefficient (Wildman–Crippen LogP) is 3.20. The molecule has 1 saturated heterocycles. The topological polar surface area (TPSA) is 145 Å². The number of carbonyl (C=O) groups is 2. The van der Waals surface area contributed by atoms with Gasteiger partial charge in [0.15, 0.2) is 0 Å². The van der Waals surface area contributed by atoms with Gasteiger partial charge in [0.1, 0.15) is 18.0 Å². The van der Waals surface area contributed by atoms with Crippen molar-refractivity contribution < 1.29 is 14.7 Å². The Balaban J connectivity index is 0.00000306. The van der Waals surface area contributed by atoms with Gasteiger partial charge in [-0.3, -0.25) is 15.0 Å². The summed E-state index contributed by atoms with van der Waals surface area (Å²) in [7, 11) is 0. The Morgan fingerprint density at radius 1 is 1.12 bits per heavy atom. The maximum absolute atomic E-state index is 12.7. The van der Waals surface area contributed by atoms with Crippen LogP contribution in [0.25, 0.3) is 10.9 Å². The summed E-state index contributed by atoms with van der Waals surface area (Å²) in [5.74, 6) is -0.617. The summed E-state index contributed by atoms with van der Waals surface area (Å²) in [6.07, 6.45) is 3.23. The van der Waals surface area contributed by atoms with Crippen LogP contribution in [0, 0.1) is 5.41 Å². The van der Waals surface area contributed by atoms with Gasteiger partial charge in [-0.1, -0.05) is 18.2 Å². The minimum atomic E-state index is -0.979. The van der Waals surface area contributed by atoms with E-state index in [2.05, 4.69) is 15.3 Å². The van der Waals surface area contributed by atoms with Gasteiger partial charge in [-0.25, -0.2) is 9.97 Å². The molecule has 1 amide bonds. The van der Waals surface area contributed by atoms with Crippen molar-refractivity contribution in [3.63, 3.8) is 0 Å². The van der Waals surface area contributed by atoms with Crippen LogP contribution in [-0.2, 0) is 4.79 Å². The highest BCUT2D eigenvalue weighted by molar-refractivity contribution is 6.00. The third kappa shape index (κ3) is 5.38. The minimum Gasteiger partial charge on any atom is -0.481 e. The molecule has 0 saturated carbocycles. The quantitative estimate of drug-likeness (QED) is 0.307. The van der Waals surface area contributed by atoms with E-state index in [1.54, 1.807) is 42.5 Å². The van der Waals surface area contributed by atoms with Crippen LogP contribution < -0.4 is 11.1 Å². The Kier molecular flexibility index (Phi) is 7.44. The number of carbonyl (C=O) groups excluding carboxylic acids is 1. The molecule has 3 aromatic rings. The zero-order valence-corrected chi connectivity index (χ0v) is 18.6. The molecule has 0 spiro atoms. The van der Waals surface area contributed by atoms with Gasteiger partial charge < -0.3 is 21.1 Å². The van der Waals surface area contributed by atoms with Crippen LogP contribution >= 0.6 is 12.4 Å². The number of nitrogens with one attached hydrogen (secondary N) is 2. The number of anilines is 1. The van der Waals surface area contributed by atoms with E-state index in [1.165, 1.54) is 6.33 Å². The van der Waals surface area contributed by atoms with Gasteiger partial charge in [0.25, 0.3) is 5.91 Å². The van der Waals surface area contributed by atoms with E-state index in [9.17, 15) is 14.7 Å². The van der Waals surface area contributed by atoms with Crippen molar-refractivity contribution in [1.29, 1.82) is 5.41 Å². The highest BCUT2D eigenvalue weighted by Crippen LogP contribution is 2.28. The standard InChI is InChI=1S/C23H24N6O3.ClH/c24-21(25)15-5-3-4-14(10-15)18(12-20(30)31)28-22-17-7-6-16(11-19(17)26-13-27-22)23(32)29-8-1-2-9-29;/h3-7,10-11,13,18H,1-2,8-9,12H2,(H3,24,25)(H,30,31)(H,26,27,28);1H. The average molecular weight is 469 g/mol. The number of fused-ring (bicyclic) bond motifs is 1. The molecule has 9 nitrogen and oxygen atoms in total. The summed E-state index contributed by atoms with van der Waals surface area (Å²) in [6, 6.07) is 11.6. The lowest BCUT2D eigenvalue weighted by atomic mass is 10.0. The molecule has 1 aliphatic heterocycles. The molecular formula is C23H25ClN6O3. The number of rotatable bonds is 7. The van der Waals surface area contributed by atoms with Crippen molar-refractivity contribution in [1.82, 2.24) is 14.9 Å². The SMILES string of the molecule is Cl.N=C(N)c1cccc(C(CC(=O)O)Nc2ncnc3cc(C(=O)N4CCCC4)ccc23)c1. The van der Waals surface area contributed by atoms with Crippen LogP contribution in [0.5, 0.6) is 0 Å². The molecule has 1 aromatic heterocycles. The molecule has 1 fully saturated rings. The maximum Gasteiger partial charge on any atom is 0.305 e. The van der Waals surface area contributed by atoms with E-state index in [0.29, 0.717) is 33.4 Å². The van der Waals surface area contributed by atoms with Crippen LogP contribution in [0.15, 0.2) is 48.8 Å². The normalized spacial score (nSPS) is 13.9. The number of nitrogen functional groups attached to an aromatic ring is 1.